The average molecular weight is 279 g/mol. The van der Waals surface area contributed by atoms with Crippen LogP contribution in [0.3, 0.4) is 0 Å². The predicted molar refractivity (Wildman–Crippen MR) is 79.1 cm³/mol. The van der Waals surface area contributed by atoms with E-state index in [-0.39, 0.29) is 16.9 Å². The second-order valence-corrected chi connectivity index (χ2v) is 4.51. The number of rotatable bonds is 3. The predicted octanol–water partition coefficient (Wildman–Crippen LogP) is 1.61. The van der Waals surface area contributed by atoms with Gasteiger partial charge in [0.05, 0.1) is 11.3 Å². The van der Waals surface area contributed by atoms with Gasteiger partial charge in [-0.3, -0.25) is 9.59 Å². The van der Waals surface area contributed by atoms with Gasteiger partial charge in [0, 0.05) is 20.5 Å². The van der Waals surface area contributed by atoms with Crippen LogP contribution in [0.1, 0.15) is 23.7 Å². The van der Waals surface area contributed by atoms with Gasteiger partial charge in [0.1, 0.15) is 0 Å². The number of amides is 2. The van der Waals surface area contributed by atoms with Crippen LogP contribution >= 0.6 is 12.2 Å². The summed E-state index contributed by atoms with van der Waals surface area (Å²) in [6.45, 7) is 1.74. The molecule has 0 aromatic heterocycles. The first-order chi connectivity index (χ1) is 8.95. The van der Waals surface area contributed by atoms with Gasteiger partial charge >= 0.3 is 0 Å². The molecule has 19 heavy (non-hydrogen) atoms. The minimum absolute atomic E-state index is 0.132. The highest BCUT2D eigenvalue weighted by Gasteiger charge is 2.13. The summed E-state index contributed by atoms with van der Waals surface area (Å²) in [5.41, 5.74) is 1.07. The molecule has 0 atom stereocenters. The number of benzene rings is 1. The van der Waals surface area contributed by atoms with Gasteiger partial charge in [-0.2, -0.15) is 0 Å². The molecule has 2 N–H and O–H groups in total. The molecule has 0 spiro atoms. The monoisotopic (exact) mass is 279 g/mol. The van der Waals surface area contributed by atoms with Gasteiger partial charge in [0.2, 0.25) is 5.91 Å². The van der Waals surface area contributed by atoms with Gasteiger partial charge in [-0.05, 0) is 24.4 Å². The van der Waals surface area contributed by atoms with E-state index < -0.39 is 0 Å². The largest absolute Gasteiger partial charge is 0.345 e. The molecule has 0 saturated heterocycles. The topological polar surface area (TPSA) is 61.4 Å². The zero-order chi connectivity index (χ0) is 14.4. The zero-order valence-corrected chi connectivity index (χ0v) is 12.0. The number of carbonyl (C=O) groups excluding carboxylic acids is 2. The molecular formula is C13H17N3O2S. The van der Waals surface area contributed by atoms with Gasteiger partial charge in [0.25, 0.3) is 5.91 Å². The smallest absolute Gasteiger partial charge is 0.255 e. The van der Waals surface area contributed by atoms with Gasteiger partial charge in [-0.25, -0.2) is 0 Å². The van der Waals surface area contributed by atoms with Crippen LogP contribution in [0.15, 0.2) is 24.3 Å². The molecule has 0 aliphatic rings. The Bertz CT molecular complexity index is 500. The summed E-state index contributed by atoms with van der Waals surface area (Å²) in [4.78, 5) is 24.7. The lowest BCUT2D eigenvalue weighted by Gasteiger charge is -2.15. The van der Waals surface area contributed by atoms with E-state index in [0.29, 0.717) is 17.7 Å². The van der Waals surface area contributed by atoms with E-state index in [4.69, 9.17) is 12.2 Å². The summed E-state index contributed by atoms with van der Waals surface area (Å²) in [5.74, 6) is -0.304. The van der Waals surface area contributed by atoms with Crippen LogP contribution in [0.4, 0.5) is 5.69 Å². The van der Waals surface area contributed by atoms with Crippen LogP contribution in [0.2, 0.25) is 0 Å². The second kappa shape index (κ2) is 6.84. The summed E-state index contributed by atoms with van der Waals surface area (Å²) in [6.07, 6.45) is 0.347. The molecule has 2 amide bonds. The first-order valence-corrected chi connectivity index (χ1v) is 6.28. The lowest BCUT2D eigenvalue weighted by molar-refractivity contribution is -0.119. The standard InChI is InChI=1S/C13H17N3O2S/c1-4-11(17)15-13(19)14-10-8-6-5-7-9(10)12(18)16(2)3/h5-8H,4H2,1-3H3,(H2,14,15,17,19). The van der Waals surface area contributed by atoms with E-state index in [1.165, 1.54) is 4.90 Å². The summed E-state index contributed by atoms with van der Waals surface area (Å²) in [5, 5.41) is 5.58. The van der Waals surface area contributed by atoms with Crippen molar-refractivity contribution in [2.24, 2.45) is 0 Å². The molecule has 0 fully saturated rings. The zero-order valence-electron chi connectivity index (χ0n) is 11.2. The van der Waals surface area contributed by atoms with Crippen molar-refractivity contribution in [3.05, 3.63) is 29.8 Å². The fourth-order valence-corrected chi connectivity index (χ4v) is 1.61. The highest BCUT2D eigenvalue weighted by Crippen LogP contribution is 2.16. The fourth-order valence-electron chi connectivity index (χ4n) is 1.39. The van der Waals surface area contributed by atoms with Crippen molar-refractivity contribution >= 4 is 34.8 Å². The first-order valence-electron chi connectivity index (χ1n) is 5.87. The maximum atomic E-state index is 12.0. The number of hydrogen-bond donors (Lipinski definition) is 2. The van der Waals surface area contributed by atoms with Crippen LogP contribution in [-0.4, -0.2) is 35.9 Å². The molecular weight excluding hydrogens is 262 g/mol. The Morgan fingerprint density at radius 3 is 2.47 bits per heavy atom. The number of hydrogen-bond acceptors (Lipinski definition) is 3. The van der Waals surface area contributed by atoms with E-state index in [0.717, 1.165) is 0 Å². The number of anilines is 1. The second-order valence-electron chi connectivity index (χ2n) is 4.10. The van der Waals surface area contributed by atoms with Crippen molar-refractivity contribution in [2.45, 2.75) is 13.3 Å². The van der Waals surface area contributed by atoms with Crippen LogP contribution in [0.25, 0.3) is 0 Å². The average Bonchev–Trinajstić information content (AvgIpc) is 2.38. The Balaban J connectivity index is 2.87. The van der Waals surface area contributed by atoms with Crippen LogP contribution < -0.4 is 10.6 Å². The van der Waals surface area contributed by atoms with Crippen molar-refractivity contribution < 1.29 is 9.59 Å². The molecule has 0 unspecified atom stereocenters. The lowest BCUT2D eigenvalue weighted by Crippen LogP contribution is -2.34. The minimum Gasteiger partial charge on any atom is -0.345 e. The Morgan fingerprint density at radius 1 is 1.26 bits per heavy atom. The van der Waals surface area contributed by atoms with Crippen LogP contribution in [0, 0.1) is 0 Å². The van der Waals surface area contributed by atoms with Crippen LogP contribution in [-0.2, 0) is 4.79 Å². The number of thiocarbonyl (C=S) groups is 1. The highest BCUT2D eigenvalue weighted by molar-refractivity contribution is 7.80. The van der Waals surface area contributed by atoms with Crippen molar-refractivity contribution in [2.75, 3.05) is 19.4 Å². The Morgan fingerprint density at radius 2 is 1.89 bits per heavy atom. The molecule has 1 aromatic rings. The van der Waals surface area contributed by atoms with Gasteiger partial charge in [-0.15, -0.1) is 0 Å². The van der Waals surface area contributed by atoms with Gasteiger partial charge < -0.3 is 15.5 Å². The fraction of sp³-hybridized carbons (Fsp3) is 0.308. The molecule has 0 aliphatic carbocycles. The third kappa shape index (κ3) is 4.33. The van der Waals surface area contributed by atoms with E-state index >= 15 is 0 Å². The van der Waals surface area contributed by atoms with Crippen molar-refractivity contribution in [3.8, 4) is 0 Å². The summed E-state index contributed by atoms with van der Waals surface area (Å²) >= 11 is 5.02. The number of nitrogens with zero attached hydrogens (tertiary/aromatic N) is 1. The lowest BCUT2D eigenvalue weighted by atomic mass is 10.1. The van der Waals surface area contributed by atoms with Gasteiger partial charge in [-0.1, -0.05) is 19.1 Å². The third-order valence-electron chi connectivity index (χ3n) is 2.39. The minimum atomic E-state index is -0.172. The number of nitrogens with one attached hydrogen (secondary N) is 2. The summed E-state index contributed by atoms with van der Waals surface area (Å²) < 4.78 is 0. The van der Waals surface area contributed by atoms with Gasteiger partial charge in [0.15, 0.2) is 5.11 Å². The molecule has 1 rings (SSSR count). The Kier molecular flexibility index (Phi) is 5.44. The van der Waals surface area contributed by atoms with Crippen molar-refractivity contribution in [1.82, 2.24) is 10.2 Å². The number of carbonyl (C=O) groups is 2. The summed E-state index contributed by atoms with van der Waals surface area (Å²) in [7, 11) is 3.35. The molecule has 0 aliphatic heterocycles. The normalized spacial score (nSPS) is 9.63. The molecule has 1 aromatic carbocycles. The Hall–Kier alpha value is -1.95. The maximum Gasteiger partial charge on any atom is 0.255 e. The van der Waals surface area contributed by atoms with E-state index in [1.807, 2.05) is 0 Å². The SMILES string of the molecule is CCC(=O)NC(=S)Nc1ccccc1C(=O)N(C)C. The first kappa shape index (κ1) is 15.1. The van der Waals surface area contributed by atoms with E-state index in [1.54, 1.807) is 45.3 Å². The summed E-state index contributed by atoms with van der Waals surface area (Å²) in [6, 6.07) is 7.00. The molecule has 102 valence electrons. The Labute approximate surface area is 118 Å². The molecule has 6 heteroatoms. The van der Waals surface area contributed by atoms with E-state index in [9.17, 15) is 9.59 Å². The quantitative estimate of drug-likeness (QED) is 0.825. The number of para-hydroxylation sites is 1. The highest BCUT2D eigenvalue weighted by atomic mass is 32.1. The van der Waals surface area contributed by atoms with Crippen molar-refractivity contribution in [3.63, 3.8) is 0 Å². The molecule has 0 radical (unpaired) electrons. The molecule has 0 heterocycles. The third-order valence-corrected chi connectivity index (χ3v) is 2.59. The maximum absolute atomic E-state index is 12.0. The van der Waals surface area contributed by atoms with E-state index in [2.05, 4.69) is 10.6 Å². The van der Waals surface area contributed by atoms with Crippen molar-refractivity contribution in [1.29, 1.82) is 0 Å². The molecule has 5 nitrogen and oxygen atoms in total. The molecule has 0 bridgehead atoms. The van der Waals surface area contributed by atoms with Crippen LogP contribution in [0.5, 0.6) is 0 Å². The molecule has 0 saturated carbocycles.